The maximum Gasteiger partial charge on any atom is 0.254 e. The van der Waals surface area contributed by atoms with Crippen molar-refractivity contribution in [1.82, 2.24) is 4.90 Å². The highest BCUT2D eigenvalue weighted by molar-refractivity contribution is 7.92. The molecule has 2 aromatic carbocycles. The highest BCUT2D eigenvalue weighted by Crippen LogP contribution is 2.21. The average Bonchev–Trinajstić information content (AvgIpc) is 2.82. The molecule has 5 nitrogen and oxygen atoms in total. The maximum absolute atomic E-state index is 12.8. The van der Waals surface area contributed by atoms with Gasteiger partial charge in [-0.25, -0.2) is 8.42 Å². The lowest BCUT2D eigenvalue weighted by Gasteiger charge is -2.22. The number of rotatable bonds is 3. The first kappa shape index (κ1) is 17.5. The Morgan fingerprint density at radius 2 is 1.68 bits per heavy atom. The van der Waals surface area contributed by atoms with Crippen LogP contribution < -0.4 is 4.31 Å². The van der Waals surface area contributed by atoms with Gasteiger partial charge in [-0.15, -0.1) is 0 Å². The van der Waals surface area contributed by atoms with E-state index in [9.17, 15) is 13.2 Å². The van der Waals surface area contributed by atoms with Gasteiger partial charge >= 0.3 is 0 Å². The van der Waals surface area contributed by atoms with E-state index in [-0.39, 0.29) is 5.91 Å². The number of carbonyl (C=O) groups excluding carboxylic acids is 1. The molecule has 3 rings (SSSR count). The molecule has 1 aliphatic heterocycles. The normalized spacial score (nSPS) is 14.6. The molecule has 0 spiro atoms. The Balaban J connectivity index is 1.79. The van der Waals surface area contributed by atoms with Crippen LogP contribution in [0.25, 0.3) is 0 Å². The molecule has 0 saturated heterocycles. The number of sulfonamides is 1. The van der Waals surface area contributed by atoms with Gasteiger partial charge in [0.2, 0.25) is 10.0 Å². The molecule has 0 fully saturated rings. The molecule has 0 unspecified atom stereocenters. The Kier molecular flexibility index (Phi) is 4.81. The van der Waals surface area contributed by atoms with Crippen LogP contribution in [-0.4, -0.2) is 39.1 Å². The van der Waals surface area contributed by atoms with Crippen LogP contribution >= 0.6 is 0 Å². The van der Waals surface area contributed by atoms with Gasteiger partial charge in [-0.2, -0.15) is 0 Å². The lowest BCUT2D eigenvalue weighted by Crippen LogP contribution is -2.30. The standard InChI is InChI=1S/C19H22N2O3S/c1-20(25(2,23)24)18-11-9-16(10-12-18)19(22)21-13-5-8-15-6-3-4-7-17(15)14-21/h3-4,6-7,9-12H,5,8,13-14H2,1-2H3. The third-order valence-corrected chi connectivity index (χ3v) is 5.82. The van der Waals surface area contributed by atoms with Crippen molar-refractivity contribution in [3.8, 4) is 0 Å². The summed E-state index contributed by atoms with van der Waals surface area (Å²) >= 11 is 0. The first-order valence-electron chi connectivity index (χ1n) is 8.26. The van der Waals surface area contributed by atoms with Crippen LogP contribution in [0.15, 0.2) is 48.5 Å². The number of amides is 1. The second-order valence-corrected chi connectivity index (χ2v) is 8.39. The summed E-state index contributed by atoms with van der Waals surface area (Å²) in [6.45, 7) is 1.33. The maximum atomic E-state index is 12.8. The Bertz CT molecular complexity index is 876. The second-order valence-electron chi connectivity index (χ2n) is 6.38. The van der Waals surface area contributed by atoms with Crippen molar-refractivity contribution in [1.29, 1.82) is 0 Å². The van der Waals surface area contributed by atoms with Gasteiger partial charge < -0.3 is 4.90 Å². The number of hydrogen-bond acceptors (Lipinski definition) is 3. The molecule has 0 aromatic heterocycles. The molecule has 0 bridgehead atoms. The Labute approximate surface area is 148 Å². The van der Waals surface area contributed by atoms with Crippen LogP contribution in [0, 0.1) is 0 Å². The van der Waals surface area contributed by atoms with E-state index in [4.69, 9.17) is 0 Å². The van der Waals surface area contributed by atoms with Gasteiger partial charge in [0.15, 0.2) is 0 Å². The van der Waals surface area contributed by atoms with Gasteiger partial charge in [0, 0.05) is 25.7 Å². The number of benzene rings is 2. The Hall–Kier alpha value is -2.34. The molecule has 1 aliphatic rings. The van der Waals surface area contributed by atoms with Gasteiger partial charge in [-0.3, -0.25) is 9.10 Å². The molecule has 0 radical (unpaired) electrons. The van der Waals surface area contributed by atoms with Crippen molar-refractivity contribution >= 4 is 21.6 Å². The van der Waals surface area contributed by atoms with Crippen molar-refractivity contribution < 1.29 is 13.2 Å². The average molecular weight is 358 g/mol. The number of fused-ring (bicyclic) bond motifs is 1. The minimum absolute atomic E-state index is 0.0229. The monoisotopic (exact) mass is 358 g/mol. The first-order chi connectivity index (χ1) is 11.9. The number of nitrogens with zero attached hydrogens (tertiary/aromatic N) is 2. The van der Waals surface area contributed by atoms with Crippen LogP contribution in [0.1, 0.15) is 27.9 Å². The van der Waals surface area contributed by atoms with E-state index in [1.165, 1.54) is 22.5 Å². The summed E-state index contributed by atoms with van der Waals surface area (Å²) in [5.74, 6) is -0.0229. The summed E-state index contributed by atoms with van der Waals surface area (Å²) in [6, 6.07) is 15.0. The van der Waals surface area contributed by atoms with Gasteiger partial charge in [0.1, 0.15) is 0 Å². The summed E-state index contributed by atoms with van der Waals surface area (Å²) in [4.78, 5) is 14.7. The van der Waals surface area contributed by atoms with E-state index in [0.717, 1.165) is 25.6 Å². The molecule has 0 atom stereocenters. The fraction of sp³-hybridized carbons (Fsp3) is 0.316. The minimum Gasteiger partial charge on any atom is -0.334 e. The van der Waals surface area contributed by atoms with Crippen LogP contribution in [0.2, 0.25) is 0 Å². The molecule has 132 valence electrons. The zero-order valence-electron chi connectivity index (χ0n) is 14.5. The summed E-state index contributed by atoms with van der Waals surface area (Å²) in [6.07, 6.45) is 3.08. The van der Waals surface area contributed by atoms with Crippen molar-refractivity contribution in [2.45, 2.75) is 19.4 Å². The molecule has 6 heteroatoms. The van der Waals surface area contributed by atoms with Crippen molar-refractivity contribution in [3.63, 3.8) is 0 Å². The van der Waals surface area contributed by atoms with E-state index in [1.54, 1.807) is 24.3 Å². The fourth-order valence-electron chi connectivity index (χ4n) is 3.06. The van der Waals surface area contributed by atoms with Gasteiger partial charge in [0.05, 0.1) is 11.9 Å². The lowest BCUT2D eigenvalue weighted by atomic mass is 10.0. The van der Waals surface area contributed by atoms with Gasteiger partial charge in [0.25, 0.3) is 5.91 Å². The van der Waals surface area contributed by atoms with E-state index in [2.05, 4.69) is 12.1 Å². The quantitative estimate of drug-likeness (QED) is 0.848. The second kappa shape index (κ2) is 6.88. The molecule has 1 heterocycles. The van der Waals surface area contributed by atoms with E-state index in [1.807, 2.05) is 17.0 Å². The third-order valence-electron chi connectivity index (χ3n) is 4.62. The van der Waals surface area contributed by atoms with Crippen molar-refractivity contribution in [2.75, 3.05) is 24.2 Å². The number of anilines is 1. The van der Waals surface area contributed by atoms with Crippen LogP contribution in [-0.2, 0) is 23.0 Å². The number of carbonyl (C=O) groups is 1. The van der Waals surface area contributed by atoms with E-state index in [0.29, 0.717) is 17.8 Å². The van der Waals surface area contributed by atoms with Gasteiger partial charge in [-0.05, 0) is 48.2 Å². The predicted molar refractivity (Wildman–Crippen MR) is 99.2 cm³/mol. The third kappa shape index (κ3) is 3.85. The zero-order valence-corrected chi connectivity index (χ0v) is 15.3. The molecular weight excluding hydrogens is 336 g/mol. The predicted octanol–water partition coefficient (Wildman–Crippen LogP) is 2.67. The Morgan fingerprint density at radius 1 is 1.04 bits per heavy atom. The Morgan fingerprint density at radius 3 is 2.32 bits per heavy atom. The highest BCUT2D eigenvalue weighted by Gasteiger charge is 2.20. The largest absolute Gasteiger partial charge is 0.334 e. The fourth-order valence-corrected chi connectivity index (χ4v) is 3.57. The van der Waals surface area contributed by atoms with Crippen LogP contribution in [0.5, 0.6) is 0 Å². The van der Waals surface area contributed by atoms with Crippen molar-refractivity contribution in [3.05, 3.63) is 65.2 Å². The molecule has 0 aliphatic carbocycles. The van der Waals surface area contributed by atoms with E-state index < -0.39 is 10.0 Å². The van der Waals surface area contributed by atoms with Crippen LogP contribution in [0.3, 0.4) is 0 Å². The lowest BCUT2D eigenvalue weighted by molar-refractivity contribution is 0.0746. The first-order valence-corrected chi connectivity index (χ1v) is 10.1. The number of aryl methyl sites for hydroxylation is 1. The minimum atomic E-state index is -3.31. The zero-order chi connectivity index (χ0) is 18.0. The molecule has 2 aromatic rings. The molecule has 25 heavy (non-hydrogen) atoms. The molecule has 0 saturated carbocycles. The van der Waals surface area contributed by atoms with Crippen LogP contribution in [0.4, 0.5) is 5.69 Å². The summed E-state index contributed by atoms with van der Waals surface area (Å²) in [5, 5.41) is 0. The number of hydrogen-bond donors (Lipinski definition) is 0. The SMILES string of the molecule is CN(c1ccc(C(=O)N2CCCc3ccccc3C2)cc1)S(C)(=O)=O. The summed E-state index contributed by atoms with van der Waals surface area (Å²) in [5.41, 5.74) is 3.62. The highest BCUT2D eigenvalue weighted by atomic mass is 32.2. The summed E-state index contributed by atoms with van der Waals surface area (Å²) < 4.78 is 24.4. The smallest absolute Gasteiger partial charge is 0.254 e. The molecule has 1 amide bonds. The molecular formula is C19H22N2O3S. The summed E-state index contributed by atoms with van der Waals surface area (Å²) in [7, 11) is -1.81. The molecule has 0 N–H and O–H groups in total. The van der Waals surface area contributed by atoms with Crippen molar-refractivity contribution in [2.24, 2.45) is 0 Å². The van der Waals surface area contributed by atoms with Gasteiger partial charge in [-0.1, -0.05) is 24.3 Å². The topological polar surface area (TPSA) is 57.7 Å². The van der Waals surface area contributed by atoms with E-state index >= 15 is 0 Å².